The molecule has 0 amide bonds. The highest BCUT2D eigenvalue weighted by Gasteiger charge is 2.16. The molecule has 0 radical (unpaired) electrons. The second kappa shape index (κ2) is 5.19. The monoisotopic (exact) mass is 299 g/mol. The summed E-state index contributed by atoms with van der Waals surface area (Å²) in [5.41, 5.74) is 3.40. The van der Waals surface area contributed by atoms with Crippen molar-refractivity contribution in [1.82, 2.24) is 9.55 Å². The van der Waals surface area contributed by atoms with Gasteiger partial charge in [-0.15, -0.1) is 11.6 Å². The van der Waals surface area contributed by atoms with Crippen molar-refractivity contribution in [2.24, 2.45) is 0 Å². The van der Waals surface area contributed by atoms with Gasteiger partial charge in [0.25, 0.3) is 0 Å². The van der Waals surface area contributed by atoms with Crippen LogP contribution in [0, 0.1) is 24.1 Å². The van der Waals surface area contributed by atoms with E-state index in [1.807, 2.05) is 17.6 Å². The third-order valence-corrected chi connectivity index (χ3v) is 3.65. The van der Waals surface area contributed by atoms with Crippen molar-refractivity contribution in [2.75, 3.05) is 0 Å². The molecule has 0 bridgehead atoms. The van der Waals surface area contributed by atoms with Crippen molar-refractivity contribution in [2.45, 2.75) is 12.8 Å². The van der Waals surface area contributed by atoms with Crippen LogP contribution in [0.2, 0.25) is 0 Å². The predicted molar refractivity (Wildman–Crippen MR) is 80.0 cm³/mol. The van der Waals surface area contributed by atoms with Gasteiger partial charge in [0.05, 0.1) is 22.6 Å². The van der Waals surface area contributed by atoms with Crippen LogP contribution in [-0.4, -0.2) is 9.55 Å². The molecule has 1 aromatic heterocycles. The summed E-state index contributed by atoms with van der Waals surface area (Å²) in [5, 5.41) is 9.19. The highest BCUT2D eigenvalue weighted by atomic mass is 35.5. The molecule has 0 atom stereocenters. The minimum Gasteiger partial charge on any atom is -0.295 e. The first-order chi connectivity index (χ1) is 10.2. The number of aromatic nitrogens is 2. The zero-order valence-corrected chi connectivity index (χ0v) is 12.0. The van der Waals surface area contributed by atoms with Crippen LogP contribution < -0.4 is 0 Å². The molecular weight excluding hydrogens is 289 g/mol. The van der Waals surface area contributed by atoms with E-state index < -0.39 is 0 Å². The lowest BCUT2D eigenvalue weighted by molar-refractivity contribution is 0.626. The molecule has 3 nitrogen and oxygen atoms in total. The summed E-state index contributed by atoms with van der Waals surface area (Å²) in [7, 11) is 0. The molecule has 0 aliphatic heterocycles. The van der Waals surface area contributed by atoms with E-state index in [1.165, 1.54) is 12.1 Å². The minimum absolute atomic E-state index is 0.176. The number of para-hydroxylation sites is 1. The average molecular weight is 300 g/mol. The van der Waals surface area contributed by atoms with Crippen LogP contribution in [0.5, 0.6) is 0 Å². The molecule has 0 unspecified atom stereocenters. The van der Waals surface area contributed by atoms with Gasteiger partial charge in [-0.2, -0.15) is 5.26 Å². The summed E-state index contributed by atoms with van der Waals surface area (Å²) in [6.07, 6.45) is 0. The van der Waals surface area contributed by atoms with Crippen molar-refractivity contribution >= 4 is 22.6 Å². The molecule has 0 aliphatic carbocycles. The zero-order valence-electron chi connectivity index (χ0n) is 11.3. The summed E-state index contributed by atoms with van der Waals surface area (Å²) in [5.74, 6) is 0.438. The first-order valence-corrected chi connectivity index (χ1v) is 6.92. The number of benzene rings is 2. The Morgan fingerprint density at radius 1 is 1.33 bits per heavy atom. The van der Waals surface area contributed by atoms with Crippen molar-refractivity contribution in [3.8, 4) is 11.8 Å². The molecule has 3 rings (SSSR count). The first kappa shape index (κ1) is 13.6. The third-order valence-electron chi connectivity index (χ3n) is 3.41. The Morgan fingerprint density at radius 3 is 2.86 bits per heavy atom. The lowest BCUT2D eigenvalue weighted by Crippen LogP contribution is -2.02. The Kier molecular flexibility index (Phi) is 3.36. The average Bonchev–Trinajstić information content (AvgIpc) is 2.88. The van der Waals surface area contributed by atoms with E-state index in [0.29, 0.717) is 22.6 Å². The Hall–Kier alpha value is -2.38. The number of nitriles is 1. The van der Waals surface area contributed by atoms with Gasteiger partial charge in [-0.3, -0.25) is 4.57 Å². The van der Waals surface area contributed by atoms with Crippen LogP contribution in [0.4, 0.5) is 4.39 Å². The molecule has 2 aromatic carbocycles. The maximum atomic E-state index is 13.6. The number of hydrogen-bond acceptors (Lipinski definition) is 2. The largest absolute Gasteiger partial charge is 0.295 e. The van der Waals surface area contributed by atoms with Gasteiger partial charge in [0, 0.05) is 0 Å². The number of alkyl halides is 1. The summed E-state index contributed by atoms with van der Waals surface area (Å²) >= 11 is 5.98. The standard InChI is InChI=1S/C16H11ClFN3/c1-10-5-6-12(18)7-14(10)21-13-4-2-3-11(9-19)16(13)20-15(21)8-17/h2-7H,8H2,1H3. The topological polar surface area (TPSA) is 41.6 Å². The predicted octanol–water partition coefficient (Wildman–Crippen LogP) is 4.08. The van der Waals surface area contributed by atoms with Crippen molar-refractivity contribution in [3.05, 3.63) is 59.2 Å². The van der Waals surface area contributed by atoms with Crippen molar-refractivity contribution < 1.29 is 4.39 Å². The third kappa shape index (κ3) is 2.16. The number of nitrogens with zero attached hydrogens (tertiary/aromatic N) is 3. The second-order valence-corrected chi connectivity index (χ2v) is 4.98. The number of rotatable bonds is 2. The van der Waals surface area contributed by atoms with Crippen molar-refractivity contribution in [3.63, 3.8) is 0 Å². The Balaban J connectivity index is 2.42. The Morgan fingerprint density at radius 2 is 2.14 bits per heavy atom. The first-order valence-electron chi connectivity index (χ1n) is 6.38. The van der Waals surface area contributed by atoms with Crippen molar-refractivity contribution in [1.29, 1.82) is 5.26 Å². The van der Waals surface area contributed by atoms with E-state index in [9.17, 15) is 9.65 Å². The summed E-state index contributed by atoms with van der Waals surface area (Å²) in [4.78, 5) is 4.44. The number of fused-ring (bicyclic) bond motifs is 1. The molecule has 21 heavy (non-hydrogen) atoms. The van der Waals surface area contributed by atoms with Crippen LogP contribution in [0.15, 0.2) is 36.4 Å². The summed E-state index contributed by atoms with van der Waals surface area (Å²) in [6.45, 7) is 1.90. The van der Waals surface area contributed by atoms with Gasteiger partial charge in [0.15, 0.2) is 0 Å². The molecular formula is C16H11ClFN3. The molecule has 1 heterocycles. The van der Waals surface area contributed by atoms with Gasteiger partial charge in [-0.05, 0) is 36.8 Å². The number of aryl methyl sites for hydroxylation is 1. The van der Waals surface area contributed by atoms with Gasteiger partial charge in [0.1, 0.15) is 23.2 Å². The normalized spacial score (nSPS) is 10.8. The summed E-state index contributed by atoms with van der Waals surface area (Å²) < 4.78 is 15.4. The van der Waals surface area contributed by atoms with Gasteiger partial charge in [-0.25, -0.2) is 9.37 Å². The second-order valence-electron chi connectivity index (χ2n) is 4.71. The zero-order chi connectivity index (χ0) is 15.0. The molecule has 0 aliphatic rings. The highest BCUT2D eigenvalue weighted by Crippen LogP contribution is 2.27. The van der Waals surface area contributed by atoms with Crippen LogP contribution >= 0.6 is 11.6 Å². The van der Waals surface area contributed by atoms with E-state index in [1.54, 1.807) is 18.2 Å². The van der Waals surface area contributed by atoms with Gasteiger partial charge in [-0.1, -0.05) is 12.1 Å². The molecule has 3 aromatic rings. The minimum atomic E-state index is -0.325. The highest BCUT2D eigenvalue weighted by molar-refractivity contribution is 6.17. The maximum Gasteiger partial charge on any atom is 0.129 e. The smallest absolute Gasteiger partial charge is 0.129 e. The van der Waals surface area contributed by atoms with Gasteiger partial charge < -0.3 is 0 Å². The van der Waals surface area contributed by atoms with Gasteiger partial charge >= 0.3 is 0 Å². The molecule has 104 valence electrons. The molecule has 0 N–H and O–H groups in total. The Bertz CT molecular complexity index is 877. The van der Waals surface area contributed by atoms with E-state index in [0.717, 1.165) is 11.1 Å². The molecule has 5 heteroatoms. The fraction of sp³-hybridized carbons (Fsp3) is 0.125. The van der Waals surface area contributed by atoms with E-state index in [4.69, 9.17) is 11.6 Å². The number of halogens is 2. The van der Waals surface area contributed by atoms with E-state index in [-0.39, 0.29) is 11.7 Å². The molecule has 0 spiro atoms. The lowest BCUT2D eigenvalue weighted by Gasteiger charge is -2.11. The fourth-order valence-electron chi connectivity index (χ4n) is 2.42. The SMILES string of the molecule is Cc1ccc(F)cc1-n1c(CCl)nc2c(C#N)cccc21. The molecule has 0 saturated heterocycles. The maximum absolute atomic E-state index is 13.6. The van der Waals surface area contributed by atoms with E-state index >= 15 is 0 Å². The van der Waals surface area contributed by atoms with E-state index in [2.05, 4.69) is 11.1 Å². The summed E-state index contributed by atoms with van der Waals surface area (Å²) in [6, 6.07) is 12.0. The fourth-order valence-corrected chi connectivity index (χ4v) is 2.60. The van der Waals surface area contributed by atoms with Crippen LogP contribution in [0.25, 0.3) is 16.7 Å². The number of hydrogen-bond donors (Lipinski definition) is 0. The Labute approximate surface area is 126 Å². The van der Waals surface area contributed by atoms with Crippen LogP contribution in [-0.2, 0) is 5.88 Å². The lowest BCUT2D eigenvalue weighted by atomic mass is 10.1. The quantitative estimate of drug-likeness (QED) is 0.669. The van der Waals surface area contributed by atoms with Crippen LogP contribution in [0.1, 0.15) is 17.0 Å². The molecule has 0 fully saturated rings. The van der Waals surface area contributed by atoms with Gasteiger partial charge in [0.2, 0.25) is 0 Å². The van der Waals surface area contributed by atoms with Crippen LogP contribution in [0.3, 0.4) is 0 Å². The number of imidazole rings is 1. The molecule has 0 saturated carbocycles.